The monoisotopic (exact) mass is 491 g/mol. The van der Waals surface area contributed by atoms with Gasteiger partial charge in [-0.1, -0.05) is 66.7 Å². The number of anilines is 1. The number of allylic oxidation sites excluding steroid dienone is 1. The number of benzene rings is 3. The fourth-order valence-corrected chi connectivity index (χ4v) is 3.93. The molecule has 8 nitrogen and oxygen atoms in total. The van der Waals surface area contributed by atoms with Gasteiger partial charge in [0.1, 0.15) is 11.5 Å². The quantitative estimate of drug-likeness (QED) is 0.116. The Bertz CT molecular complexity index is 1540. The summed E-state index contributed by atoms with van der Waals surface area (Å²) < 4.78 is 1.37. The van der Waals surface area contributed by atoms with E-state index < -0.39 is 0 Å². The maximum Gasteiger partial charge on any atom is 0.228 e. The van der Waals surface area contributed by atoms with Gasteiger partial charge in [0, 0.05) is 22.9 Å². The molecule has 176 valence electrons. The highest BCUT2D eigenvalue weighted by atomic mass is 32.1. The van der Waals surface area contributed by atoms with Crippen LogP contribution in [0.5, 0.6) is 5.88 Å². The SMILES string of the molecule is Cc1nc(/C=C2\C=Nc3ccccc32)c(O)n1C(=S)N=N/C(=N/Nc1ccccc1)c1ccccc1. The van der Waals surface area contributed by atoms with Crippen molar-refractivity contribution in [1.82, 2.24) is 9.55 Å². The molecule has 0 atom stereocenters. The summed E-state index contributed by atoms with van der Waals surface area (Å²) in [5.74, 6) is 0.689. The van der Waals surface area contributed by atoms with Crippen molar-refractivity contribution in [3.8, 4) is 5.88 Å². The maximum absolute atomic E-state index is 10.9. The van der Waals surface area contributed by atoms with Gasteiger partial charge in [0.25, 0.3) is 0 Å². The minimum atomic E-state index is -0.123. The van der Waals surface area contributed by atoms with E-state index in [1.54, 1.807) is 19.2 Å². The molecule has 3 aromatic carbocycles. The Hall–Kier alpha value is -4.76. The van der Waals surface area contributed by atoms with E-state index in [1.165, 1.54) is 4.57 Å². The average Bonchev–Trinajstić information content (AvgIpc) is 3.44. The topological polar surface area (TPSA) is 99.5 Å². The molecule has 5 rings (SSSR count). The Balaban J connectivity index is 1.42. The van der Waals surface area contributed by atoms with Gasteiger partial charge >= 0.3 is 0 Å². The van der Waals surface area contributed by atoms with Gasteiger partial charge in [-0.25, -0.2) is 9.55 Å². The normalized spacial score (nSPS) is 13.9. The number of hydrazone groups is 1. The number of hydrogen-bond donors (Lipinski definition) is 2. The van der Waals surface area contributed by atoms with Gasteiger partial charge < -0.3 is 5.11 Å². The standard InChI is InChI=1S/C27H21N7OS/c1-18-29-24(16-20-17-28-23-15-9-8-14-22(20)23)26(35)34(18)27(36)33-32-25(19-10-4-2-5-11-19)31-30-21-12-6-3-7-13-21/h2-17,30,35H,1H3/b20-16+,31-25+,33-32?. The Morgan fingerprint density at radius 1 is 0.944 bits per heavy atom. The van der Waals surface area contributed by atoms with Gasteiger partial charge in [-0.2, -0.15) is 5.10 Å². The third kappa shape index (κ3) is 4.86. The molecule has 0 aliphatic carbocycles. The lowest BCUT2D eigenvalue weighted by Gasteiger charge is -2.05. The second-order valence-electron chi connectivity index (χ2n) is 7.84. The molecule has 0 bridgehead atoms. The van der Waals surface area contributed by atoms with Crippen LogP contribution in [-0.2, 0) is 0 Å². The molecule has 0 amide bonds. The van der Waals surface area contributed by atoms with Gasteiger partial charge in [0.15, 0.2) is 0 Å². The van der Waals surface area contributed by atoms with Crippen molar-refractivity contribution in [2.45, 2.75) is 6.92 Å². The molecule has 2 heterocycles. The minimum absolute atomic E-state index is 0.0333. The minimum Gasteiger partial charge on any atom is -0.493 e. The zero-order valence-corrected chi connectivity index (χ0v) is 20.1. The molecule has 36 heavy (non-hydrogen) atoms. The van der Waals surface area contributed by atoms with Crippen LogP contribution < -0.4 is 5.43 Å². The summed E-state index contributed by atoms with van der Waals surface area (Å²) in [6.45, 7) is 1.74. The number of thiocarbonyl (C=S) groups is 1. The van der Waals surface area contributed by atoms with Crippen molar-refractivity contribution in [3.05, 3.63) is 108 Å². The van der Waals surface area contributed by atoms with Gasteiger partial charge in [0.05, 0.1) is 11.4 Å². The molecule has 1 aliphatic heterocycles. The van der Waals surface area contributed by atoms with Crippen LogP contribution in [0, 0.1) is 6.92 Å². The summed E-state index contributed by atoms with van der Waals surface area (Å²) >= 11 is 5.48. The zero-order valence-electron chi connectivity index (χ0n) is 19.3. The van der Waals surface area contributed by atoms with Crippen molar-refractivity contribution in [1.29, 1.82) is 0 Å². The highest BCUT2D eigenvalue weighted by molar-refractivity contribution is 7.80. The molecule has 0 saturated carbocycles. The largest absolute Gasteiger partial charge is 0.493 e. The van der Waals surface area contributed by atoms with E-state index in [-0.39, 0.29) is 11.0 Å². The molecule has 9 heteroatoms. The number of para-hydroxylation sites is 2. The molecule has 1 aromatic heterocycles. The van der Waals surface area contributed by atoms with Crippen LogP contribution in [0.4, 0.5) is 11.4 Å². The average molecular weight is 492 g/mol. The number of imidazole rings is 1. The second kappa shape index (κ2) is 10.2. The number of rotatable bonds is 4. The highest BCUT2D eigenvalue weighted by Gasteiger charge is 2.18. The summed E-state index contributed by atoms with van der Waals surface area (Å²) in [7, 11) is 0. The zero-order chi connectivity index (χ0) is 24.9. The van der Waals surface area contributed by atoms with E-state index in [1.807, 2.05) is 84.9 Å². The van der Waals surface area contributed by atoms with Crippen LogP contribution in [-0.4, -0.2) is 31.8 Å². The molecular formula is C27H21N7OS. The predicted octanol–water partition coefficient (Wildman–Crippen LogP) is 6.21. The third-order valence-electron chi connectivity index (χ3n) is 5.41. The van der Waals surface area contributed by atoms with Crippen LogP contribution in [0.3, 0.4) is 0 Å². The van der Waals surface area contributed by atoms with Crippen molar-refractivity contribution < 1.29 is 5.11 Å². The number of nitrogens with zero attached hydrogens (tertiary/aromatic N) is 6. The van der Waals surface area contributed by atoms with Gasteiger partial charge in [-0.05, 0) is 43.4 Å². The predicted molar refractivity (Wildman–Crippen MR) is 147 cm³/mol. The Labute approximate surface area is 213 Å². The first kappa shape index (κ1) is 23.0. The van der Waals surface area contributed by atoms with Crippen LogP contribution in [0.1, 0.15) is 22.6 Å². The van der Waals surface area contributed by atoms with Gasteiger partial charge in [-0.3, -0.25) is 10.4 Å². The smallest absolute Gasteiger partial charge is 0.228 e. The van der Waals surface area contributed by atoms with Crippen molar-refractivity contribution in [3.63, 3.8) is 0 Å². The van der Waals surface area contributed by atoms with Crippen LogP contribution in [0.15, 0.2) is 105 Å². The van der Waals surface area contributed by atoms with E-state index in [2.05, 4.69) is 30.7 Å². The van der Waals surface area contributed by atoms with E-state index in [9.17, 15) is 5.11 Å². The third-order valence-corrected chi connectivity index (χ3v) is 5.68. The van der Waals surface area contributed by atoms with Crippen molar-refractivity contribution in [2.24, 2.45) is 20.3 Å². The first-order chi connectivity index (χ1) is 17.6. The summed E-state index contributed by atoms with van der Waals surface area (Å²) in [5, 5.41) is 23.8. The molecule has 1 aliphatic rings. The molecule has 4 aromatic rings. The number of nitrogens with one attached hydrogen (secondary N) is 1. The van der Waals surface area contributed by atoms with Crippen LogP contribution in [0.25, 0.3) is 11.6 Å². The van der Waals surface area contributed by atoms with E-state index in [4.69, 9.17) is 12.2 Å². The fraction of sp³-hybridized carbons (Fsp3) is 0.0370. The lowest BCUT2D eigenvalue weighted by Crippen LogP contribution is -2.09. The number of aliphatic imine (C=N–C) groups is 1. The summed E-state index contributed by atoms with van der Waals surface area (Å²) in [4.78, 5) is 8.87. The first-order valence-corrected chi connectivity index (χ1v) is 11.5. The Morgan fingerprint density at radius 3 is 2.42 bits per heavy atom. The van der Waals surface area contributed by atoms with E-state index in [0.717, 1.165) is 28.1 Å². The second-order valence-corrected chi connectivity index (χ2v) is 8.21. The molecule has 0 spiro atoms. The lowest BCUT2D eigenvalue weighted by molar-refractivity contribution is 0.444. The molecule has 0 unspecified atom stereocenters. The molecule has 2 N–H and O–H groups in total. The number of hydrogen-bond acceptors (Lipinski definition) is 6. The van der Waals surface area contributed by atoms with Gasteiger partial charge in [-0.15, -0.1) is 10.2 Å². The lowest BCUT2D eigenvalue weighted by atomic mass is 10.1. The Kier molecular flexibility index (Phi) is 6.55. The Morgan fingerprint density at radius 2 is 1.64 bits per heavy atom. The summed E-state index contributed by atoms with van der Waals surface area (Å²) in [6, 6.07) is 26.7. The molecular weight excluding hydrogens is 470 g/mol. The van der Waals surface area contributed by atoms with E-state index in [0.29, 0.717) is 17.4 Å². The van der Waals surface area contributed by atoms with Crippen molar-refractivity contribution in [2.75, 3.05) is 5.43 Å². The number of aromatic nitrogens is 2. The summed E-state index contributed by atoms with van der Waals surface area (Å²) in [5.41, 5.74) is 7.61. The van der Waals surface area contributed by atoms with Crippen LogP contribution >= 0.6 is 12.2 Å². The van der Waals surface area contributed by atoms with Gasteiger partial charge in [0.2, 0.25) is 16.8 Å². The number of azo groups is 1. The van der Waals surface area contributed by atoms with Crippen molar-refractivity contribution >= 4 is 52.4 Å². The fourth-order valence-electron chi connectivity index (χ4n) is 3.67. The van der Waals surface area contributed by atoms with Crippen LogP contribution in [0.2, 0.25) is 0 Å². The summed E-state index contributed by atoms with van der Waals surface area (Å²) in [6.07, 6.45) is 3.52. The first-order valence-electron chi connectivity index (χ1n) is 11.1. The number of amidine groups is 1. The van der Waals surface area contributed by atoms with E-state index >= 15 is 0 Å². The number of aryl methyl sites for hydroxylation is 1. The molecule has 0 fully saturated rings. The molecule has 0 saturated heterocycles. The number of fused-ring (bicyclic) bond motifs is 1. The number of aromatic hydroxyl groups is 1. The molecule has 0 radical (unpaired) electrons. The maximum atomic E-state index is 10.9. The highest BCUT2D eigenvalue weighted by Crippen LogP contribution is 2.33.